The van der Waals surface area contributed by atoms with Crippen molar-refractivity contribution in [2.75, 3.05) is 23.6 Å². The number of nitrogens with one attached hydrogen (secondary N) is 2. The minimum Gasteiger partial charge on any atom is -0.351 e. The zero-order valence-corrected chi connectivity index (χ0v) is 23.2. The average molecular weight is 559 g/mol. The minimum absolute atomic E-state index is 0.0345. The molecule has 11 heteroatoms. The van der Waals surface area contributed by atoms with E-state index in [1.807, 2.05) is 0 Å². The van der Waals surface area contributed by atoms with Crippen LogP contribution in [0.2, 0.25) is 5.02 Å². The van der Waals surface area contributed by atoms with Crippen LogP contribution in [-0.2, 0) is 10.0 Å². The fourth-order valence-electron chi connectivity index (χ4n) is 4.47. The third-order valence-electron chi connectivity index (χ3n) is 6.84. The highest BCUT2D eigenvalue weighted by molar-refractivity contribution is 7.92. The van der Waals surface area contributed by atoms with Gasteiger partial charge in [0.25, 0.3) is 10.0 Å². The minimum atomic E-state index is -4.10. The molecule has 38 heavy (non-hydrogen) atoms. The first kappa shape index (κ1) is 27.9. The Hall–Kier alpha value is -3.08. The molecule has 2 N–H and O–H groups in total. The van der Waals surface area contributed by atoms with Crippen molar-refractivity contribution in [3.8, 4) is 0 Å². The van der Waals surface area contributed by atoms with Gasteiger partial charge in [0.15, 0.2) is 11.6 Å². The Balaban J connectivity index is 1.38. The van der Waals surface area contributed by atoms with Gasteiger partial charge in [-0.25, -0.2) is 27.8 Å². The summed E-state index contributed by atoms with van der Waals surface area (Å²) < 4.78 is 42.3. The molecule has 1 saturated carbocycles. The van der Waals surface area contributed by atoms with Crippen LogP contribution in [-0.4, -0.2) is 53.9 Å². The molecule has 0 atom stereocenters. The lowest BCUT2D eigenvalue weighted by Crippen LogP contribution is -2.38. The number of halogens is 2. The molecule has 2 aromatic heterocycles. The van der Waals surface area contributed by atoms with E-state index in [0.29, 0.717) is 29.3 Å². The maximum Gasteiger partial charge on any atom is 0.264 e. The molecule has 0 bridgehead atoms. The van der Waals surface area contributed by atoms with Crippen molar-refractivity contribution in [1.82, 2.24) is 19.9 Å². The molecular formula is C27H32ClFN6O2S. The summed E-state index contributed by atoms with van der Waals surface area (Å²) in [6, 6.07) is 8.17. The van der Waals surface area contributed by atoms with E-state index < -0.39 is 21.7 Å². The van der Waals surface area contributed by atoms with E-state index >= 15 is 0 Å². The molecule has 8 nitrogen and oxygen atoms in total. The topological polar surface area (TPSA) is 100 Å². The summed E-state index contributed by atoms with van der Waals surface area (Å²) in [7, 11) is -1.92. The van der Waals surface area contributed by atoms with Crippen LogP contribution < -0.4 is 10.0 Å². The van der Waals surface area contributed by atoms with Crippen molar-refractivity contribution in [3.05, 3.63) is 70.4 Å². The van der Waals surface area contributed by atoms with E-state index in [4.69, 9.17) is 11.6 Å². The maximum atomic E-state index is 14.8. The molecular weight excluding hydrogens is 527 g/mol. The van der Waals surface area contributed by atoms with Crippen molar-refractivity contribution in [1.29, 1.82) is 0 Å². The van der Waals surface area contributed by atoms with Crippen molar-refractivity contribution in [2.45, 2.75) is 56.5 Å². The number of nitrogens with zero attached hydrogens (tertiary/aromatic N) is 4. The van der Waals surface area contributed by atoms with Crippen LogP contribution in [0.3, 0.4) is 0 Å². The SMILES string of the molecule is CCN(C)[C@H]1CC[C@H](Nc2ncc(/C=C/c3cc(F)c(NS(=O)(=O)c4ccccc4Cl)nc3C)cn2)CC1. The van der Waals surface area contributed by atoms with Crippen LogP contribution >= 0.6 is 11.6 Å². The molecule has 0 saturated heterocycles. The highest BCUT2D eigenvalue weighted by Gasteiger charge is 2.24. The quantitative estimate of drug-likeness (QED) is 0.351. The molecule has 0 amide bonds. The third-order valence-corrected chi connectivity index (χ3v) is 8.68. The van der Waals surface area contributed by atoms with Crippen molar-refractivity contribution in [2.24, 2.45) is 0 Å². The van der Waals surface area contributed by atoms with E-state index in [9.17, 15) is 12.8 Å². The van der Waals surface area contributed by atoms with Gasteiger partial charge in [0.1, 0.15) is 4.90 Å². The van der Waals surface area contributed by atoms with E-state index in [0.717, 1.165) is 37.8 Å². The average Bonchev–Trinajstić information content (AvgIpc) is 2.90. The zero-order chi connectivity index (χ0) is 27.3. The number of sulfonamides is 1. The molecule has 0 spiro atoms. The van der Waals surface area contributed by atoms with Gasteiger partial charge in [-0.05, 0) is 70.0 Å². The van der Waals surface area contributed by atoms with Gasteiger partial charge in [-0.1, -0.05) is 42.8 Å². The van der Waals surface area contributed by atoms with E-state index in [1.54, 1.807) is 37.5 Å². The standard InChI is InChI=1S/C27H32ClFN6O2S/c1-4-35(3)22-13-11-21(12-14-22)33-27-30-16-19(17-31-27)9-10-20-15-24(29)26(32-18(20)2)34-38(36,37)25-8-6-5-7-23(25)28/h5-10,15-17,21-22H,4,11-14H2,1-3H3,(H,32,34)(H,30,31,33)/b10-9+/t21-,22-. The summed E-state index contributed by atoms with van der Waals surface area (Å²) in [5, 5.41) is 3.46. The van der Waals surface area contributed by atoms with Gasteiger partial charge < -0.3 is 10.2 Å². The fraction of sp³-hybridized carbons (Fsp3) is 0.370. The Labute approximate surface area is 228 Å². The molecule has 0 radical (unpaired) electrons. The van der Waals surface area contributed by atoms with Gasteiger partial charge in [-0.3, -0.25) is 4.72 Å². The zero-order valence-electron chi connectivity index (χ0n) is 21.7. The number of anilines is 2. The molecule has 0 aliphatic heterocycles. The summed E-state index contributed by atoms with van der Waals surface area (Å²) >= 11 is 5.99. The molecule has 4 rings (SSSR count). The van der Waals surface area contributed by atoms with Crippen molar-refractivity contribution >= 4 is 45.5 Å². The number of rotatable bonds is 9. The van der Waals surface area contributed by atoms with Crippen LogP contribution in [0.25, 0.3) is 12.2 Å². The monoisotopic (exact) mass is 558 g/mol. The second kappa shape index (κ2) is 12.2. The highest BCUT2D eigenvalue weighted by Crippen LogP contribution is 2.26. The summed E-state index contributed by atoms with van der Waals surface area (Å²) in [5.41, 5.74) is 1.69. The Bertz CT molecular complexity index is 1390. The van der Waals surface area contributed by atoms with Crippen LogP contribution in [0.15, 0.2) is 47.6 Å². The molecule has 0 unspecified atom stereocenters. The number of benzene rings is 1. The van der Waals surface area contributed by atoms with Gasteiger partial charge in [0.2, 0.25) is 5.95 Å². The Kier molecular flexibility index (Phi) is 8.96. The van der Waals surface area contributed by atoms with Gasteiger partial charge in [-0.15, -0.1) is 0 Å². The lowest BCUT2D eigenvalue weighted by atomic mass is 9.90. The van der Waals surface area contributed by atoms with E-state index in [1.165, 1.54) is 24.3 Å². The molecule has 1 aliphatic rings. The first-order chi connectivity index (χ1) is 18.2. The largest absolute Gasteiger partial charge is 0.351 e. The molecule has 2 heterocycles. The lowest BCUT2D eigenvalue weighted by Gasteiger charge is -2.34. The number of aromatic nitrogens is 3. The van der Waals surface area contributed by atoms with Crippen LogP contribution in [0.5, 0.6) is 0 Å². The van der Waals surface area contributed by atoms with Gasteiger partial charge in [-0.2, -0.15) is 0 Å². The van der Waals surface area contributed by atoms with Gasteiger partial charge >= 0.3 is 0 Å². The second-order valence-electron chi connectivity index (χ2n) is 9.43. The van der Waals surface area contributed by atoms with Crippen molar-refractivity contribution in [3.63, 3.8) is 0 Å². The van der Waals surface area contributed by atoms with Crippen LogP contribution in [0.1, 0.15) is 49.4 Å². The first-order valence-corrected chi connectivity index (χ1v) is 14.4. The van der Waals surface area contributed by atoms with E-state index in [2.05, 4.69) is 43.9 Å². The molecule has 1 fully saturated rings. The Morgan fingerprint density at radius 3 is 2.47 bits per heavy atom. The van der Waals surface area contributed by atoms with Crippen LogP contribution in [0.4, 0.5) is 16.2 Å². The molecule has 1 aliphatic carbocycles. The Morgan fingerprint density at radius 2 is 1.82 bits per heavy atom. The summed E-state index contributed by atoms with van der Waals surface area (Å²) in [6.07, 6.45) is 11.3. The summed E-state index contributed by atoms with van der Waals surface area (Å²) in [6.45, 7) is 4.92. The van der Waals surface area contributed by atoms with Gasteiger partial charge in [0, 0.05) is 35.7 Å². The predicted octanol–water partition coefficient (Wildman–Crippen LogP) is 5.62. The normalized spacial score (nSPS) is 18.2. The van der Waals surface area contributed by atoms with Crippen molar-refractivity contribution < 1.29 is 12.8 Å². The fourth-order valence-corrected chi connectivity index (χ4v) is 6.00. The predicted molar refractivity (Wildman–Crippen MR) is 150 cm³/mol. The van der Waals surface area contributed by atoms with Crippen LogP contribution in [0, 0.1) is 12.7 Å². The number of pyridine rings is 1. The maximum absolute atomic E-state index is 14.8. The second-order valence-corrected chi connectivity index (χ2v) is 11.5. The van der Waals surface area contributed by atoms with Gasteiger partial charge in [0.05, 0.1) is 5.02 Å². The lowest BCUT2D eigenvalue weighted by molar-refractivity contribution is 0.194. The highest BCUT2D eigenvalue weighted by atomic mass is 35.5. The number of hydrogen-bond acceptors (Lipinski definition) is 7. The molecule has 1 aromatic carbocycles. The molecule has 3 aromatic rings. The molecule has 202 valence electrons. The number of hydrogen-bond donors (Lipinski definition) is 2. The first-order valence-electron chi connectivity index (χ1n) is 12.6. The summed E-state index contributed by atoms with van der Waals surface area (Å²) in [4.78, 5) is 15.2. The number of aryl methyl sites for hydroxylation is 1. The smallest absolute Gasteiger partial charge is 0.264 e. The Morgan fingerprint density at radius 1 is 1.13 bits per heavy atom. The van der Waals surface area contributed by atoms with E-state index in [-0.39, 0.29) is 9.92 Å². The summed E-state index contributed by atoms with van der Waals surface area (Å²) in [5.74, 6) is -0.608. The third kappa shape index (κ3) is 6.86.